The average Bonchev–Trinajstić information content (AvgIpc) is 2.96. The summed E-state index contributed by atoms with van der Waals surface area (Å²) in [5.41, 5.74) is -0.134. The first kappa shape index (κ1) is 30.8. The zero-order valence-electron chi connectivity index (χ0n) is 21.5. The number of rotatable bonds is 5. The Hall–Kier alpha value is -3.60. The molecule has 0 radical (unpaired) electrons. The number of fused-ring (bicyclic) bond motifs is 1. The van der Waals surface area contributed by atoms with E-state index >= 15 is 0 Å². The van der Waals surface area contributed by atoms with Crippen molar-refractivity contribution in [3.8, 4) is 11.5 Å². The highest BCUT2D eigenvalue weighted by atomic mass is 32.2. The monoisotopic (exact) mass is 657 g/mol. The van der Waals surface area contributed by atoms with Crippen LogP contribution in [0.15, 0.2) is 41.3 Å². The molecule has 1 unspecified atom stereocenters. The van der Waals surface area contributed by atoms with Gasteiger partial charge in [0, 0.05) is 36.3 Å². The summed E-state index contributed by atoms with van der Waals surface area (Å²) in [6.45, 7) is -0.160. The summed E-state index contributed by atoms with van der Waals surface area (Å²) in [5.74, 6) is -15.7. The minimum Gasteiger partial charge on any atom is -0.493 e. The smallest absolute Gasteiger partial charge is 0.416 e. The highest BCUT2D eigenvalue weighted by molar-refractivity contribution is 7.91. The van der Waals surface area contributed by atoms with Crippen LogP contribution in [0.4, 0.5) is 40.8 Å². The third-order valence-electron chi connectivity index (χ3n) is 7.09. The van der Waals surface area contributed by atoms with Crippen LogP contribution in [0, 0.1) is 29.1 Å². The summed E-state index contributed by atoms with van der Waals surface area (Å²) in [4.78, 5) is 0.752. The second-order valence-electron chi connectivity index (χ2n) is 9.74. The van der Waals surface area contributed by atoms with Crippen molar-refractivity contribution in [2.45, 2.75) is 23.4 Å². The lowest BCUT2D eigenvalue weighted by Gasteiger charge is -2.34. The minimum atomic E-state index is -5.18. The second-order valence-corrected chi connectivity index (χ2v) is 13.6. The number of alkyl halides is 3. The highest BCUT2D eigenvalue weighted by Gasteiger charge is 2.36. The molecular formula is C26H19F8NO6S2. The van der Waals surface area contributed by atoms with E-state index in [9.17, 15) is 52.0 Å². The quantitative estimate of drug-likeness (QED) is 0.159. The van der Waals surface area contributed by atoms with E-state index in [-0.39, 0.29) is 49.1 Å². The Labute approximate surface area is 239 Å². The lowest BCUT2D eigenvalue weighted by Crippen LogP contribution is -2.41. The highest BCUT2D eigenvalue weighted by Crippen LogP contribution is 2.45. The van der Waals surface area contributed by atoms with Crippen LogP contribution >= 0.6 is 0 Å². The molecule has 232 valence electrons. The number of ether oxygens (including phenoxy) is 1. The fourth-order valence-electron chi connectivity index (χ4n) is 4.91. The molecule has 0 bridgehead atoms. The van der Waals surface area contributed by atoms with Crippen LogP contribution in [-0.4, -0.2) is 48.0 Å². The van der Waals surface area contributed by atoms with E-state index in [0.717, 1.165) is 24.3 Å². The minimum absolute atomic E-state index is 0.0471. The van der Waals surface area contributed by atoms with Crippen LogP contribution in [0.25, 0.3) is 0 Å². The third kappa shape index (κ3) is 5.83. The van der Waals surface area contributed by atoms with Gasteiger partial charge < -0.3 is 13.8 Å². The zero-order valence-corrected chi connectivity index (χ0v) is 23.2. The van der Waals surface area contributed by atoms with E-state index in [4.69, 9.17) is 4.74 Å². The van der Waals surface area contributed by atoms with Crippen LogP contribution in [0.3, 0.4) is 0 Å². The van der Waals surface area contributed by atoms with Gasteiger partial charge in [-0.2, -0.15) is 30.4 Å². The lowest BCUT2D eigenvalue weighted by molar-refractivity contribution is -0.137. The lowest BCUT2D eigenvalue weighted by atomic mass is 9.85. The molecule has 5 rings (SSSR count). The van der Waals surface area contributed by atoms with Gasteiger partial charge in [0.25, 0.3) is 0 Å². The molecule has 2 aliphatic heterocycles. The molecule has 1 fully saturated rings. The van der Waals surface area contributed by atoms with Gasteiger partial charge in [0.15, 0.2) is 9.84 Å². The van der Waals surface area contributed by atoms with E-state index < -0.39 is 77.3 Å². The number of nitrogens with zero attached hydrogens (tertiary/aromatic N) is 1. The maximum Gasteiger partial charge on any atom is 0.416 e. The first-order chi connectivity index (χ1) is 20.0. The number of halogens is 8. The van der Waals surface area contributed by atoms with Gasteiger partial charge in [0.1, 0.15) is 10.6 Å². The first-order valence-corrected chi connectivity index (χ1v) is 15.6. The van der Waals surface area contributed by atoms with Gasteiger partial charge in [-0.05, 0) is 30.2 Å². The number of hydrogen-bond acceptors (Lipinski definition) is 7. The van der Waals surface area contributed by atoms with Crippen molar-refractivity contribution in [2.75, 3.05) is 36.1 Å². The summed E-state index contributed by atoms with van der Waals surface area (Å²) < 4.78 is 169. The summed E-state index contributed by atoms with van der Waals surface area (Å²) >= 11 is 0. The Morgan fingerprint density at radius 1 is 0.837 bits per heavy atom. The fourth-order valence-corrected chi connectivity index (χ4v) is 7.06. The fraction of sp³-hybridized carbons (Fsp3) is 0.308. The van der Waals surface area contributed by atoms with E-state index in [1.807, 2.05) is 0 Å². The van der Waals surface area contributed by atoms with Gasteiger partial charge in [-0.25, -0.2) is 21.6 Å². The van der Waals surface area contributed by atoms with Gasteiger partial charge in [-0.15, -0.1) is 0 Å². The molecule has 3 aromatic rings. The van der Waals surface area contributed by atoms with Crippen LogP contribution in [0.2, 0.25) is 0 Å². The number of hydrogen-bond donors (Lipinski definition) is 0. The van der Waals surface area contributed by atoms with Crippen molar-refractivity contribution >= 4 is 25.6 Å². The van der Waals surface area contributed by atoms with E-state index in [1.165, 1.54) is 17.0 Å². The topological polar surface area (TPSA) is 90.0 Å². The molecule has 0 aromatic heterocycles. The summed E-state index contributed by atoms with van der Waals surface area (Å²) in [5, 5.41) is 0. The predicted molar refractivity (Wildman–Crippen MR) is 135 cm³/mol. The largest absolute Gasteiger partial charge is 0.493 e. The molecule has 3 aromatic carbocycles. The third-order valence-corrected chi connectivity index (χ3v) is 9.92. The normalized spacial score (nSPS) is 18.6. The molecule has 0 N–H and O–H groups in total. The molecule has 17 heteroatoms. The Balaban J connectivity index is 1.53. The summed E-state index contributed by atoms with van der Waals surface area (Å²) in [6.07, 6.45) is -4.47. The van der Waals surface area contributed by atoms with Gasteiger partial charge in [0.05, 0.1) is 23.7 Å². The molecule has 2 aliphatic rings. The molecule has 7 nitrogen and oxygen atoms in total. The molecule has 1 saturated heterocycles. The van der Waals surface area contributed by atoms with E-state index in [2.05, 4.69) is 4.18 Å². The van der Waals surface area contributed by atoms with Crippen molar-refractivity contribution < 1.29 is 60.9 Å². The van der Waals surface area contributed by atoms with Crippen molar-refractivity contribution in [2.24, 2.45) is 0 Å². The van der Waals surface area contributed by atoms with Gasteiger partial charge in [-0.1, -0.05) is 12.1 Å². The van der Waals surface area contributed by atoms with E-state index in [1.54, 1.807) is 0 Å². The van der Waals surface area contributed by atoms with Crippen molar-refractivity contribution in [3.63, 3.8) is 0 Å². The number of anilines is 1. The molecule has 0 aliphatic carbocycles. The van der Waals surface area contributed by atoms with Crippen LogP contribution in [0.1, 0.15) is 29.0 Å². The van der Waals surface area contributed by atoms with Crippen molar-refractivity contribution in [3.05, 3.63) is 82.2 Å². The molecule has 1 atom stereocenters. The molecule has 0 spiro atoms. The van der Waals surface area contributed by atoms with Gasteiger partial charge in [-0.3, -0.25) is 0 Å². The summed E-state index contributed by atoms with van der Waals surface area (Å²) in [6, 6.07) is 6.05. The molecule has 2 heterocycles. The predicted octanol–water partition coefficient (Wildman–Crippen LogP) is 5.32. The molecule has 0 amide bonds. The van der Waals surface area contributed by atoms with Crippen LogP contribution < -0.4 is 13.8 Å². The van der Waals surface area contributed by atoms with E-state index in [0.29, 0.717) is 11.1 Å². The van der Waals surface area contributed by atoms with Crippen LogP contribution in [-0.2, 0) is 26.1 Å². The molecular weight excluding hydrogens is 638 g/mol. The Morgan fingerprint density at radius 2 is 1.42 bits per heavy atom. The standard InChI is InChI=1S/C26H19F8NO6S2/c27-20-21(28)23(30)25(24(31)22(20)29)41-43(38,39)14-2-4-17-15(5-8-40-19(17)12-14)16-3-1-13(26(32,33)34)11-18(16)35-6-9-42(36,37)10-7-35/h1-4,11-12,15H,5-10H2. The van der Waals surface area contributed by atoms with Gasteiger partial charge in [0.2, 0.25) is 34.8 Å². The molecule has 0 saturated carbocycles. The summed E-state index contributed by atoms with van der Waals surface area (Å²) in [7, 11) is -8.55. The molecule has 43 heavy (non-hydrogen) atoms. The maximum atomic E-state index is 14.1. The number of sulfone groups is 1. The van der Waals surface area contributed by atoms with Crippen LogP contribution in [0.5, 0.6) is 11.5 Å². The Bertz CT molecular complexity index is 1790. The Kier molecular flexibility index (Phi) is 7.77. The first-order valence-electron chi connectivity index (χ1n) is 12.4. The number of benzene rings is 3. The van der Waals surface area contributed by atoms with Crippen molar-refractivity contribution in [1.29, 1.82) is 0 Å². The zero-order chi connectivity index (χ0) is 31.5. The van der Waals surface area contributed by atoms with Crippen molar-refractivity contribution in [1.82, 2.24) is 0 Å². The SMILES string of the molecule is O=S1(=O)CCN(c2cc(C(F)(F)F)ccc2C2CCOc3cc(S(=O)(=O)Oc4c(F)c(F)c(F)c(F)c4F)ccc32)CC1. The average molecular weight is 658 g/mol. The Morgan fingerprint density at radius 3 is 2.02 bits per heavy atom. The second kappa shape index (κ2) is 10.8. The van der Waals surface area contributed by atoms with Gasteiger partial charge >= 0.3 is 16.3 Å². The maximum absolute atomic E-state index is 14.1.